The van der Waals surface area contributed by atoms with E-state index in [1.807, 2.05) is 0 Å². The molecule has 43 heavy (non-hydrogen) atoms. The highest BCUT2D eigenvalue weighted by Crippen LogP contribution is 2.55. The number of ketones is 2. The number of benzene rings is 2. The number of aliphatic hydroxyl groups is 4. The van der Waals surface area contributed by atoms with Gasteiger partial charge in [-0.25, -0.2) is 0 Å². The maximum absolute atomic E-state index is 14.4. The summed E-state index contributed by atoms with van der Waals surface area (Å²) < 4.78 is 22.5. The van der Waals surface area contributed by atoms with Crippen molar-refractivity contribution in [3.05, 3.63) is 51.1 Å². The van der Waals surface area contributed by atoms with Crippen LogP contribution < -0.4 is 9.47 Å². The number of hydrogen-bond acceptors (Lipinski definition) is 13. The fourth-order valence-corrected chi connectivity index (χ4v) is 7.22. The molecule has 0 amide bonds. The SMILES string of the molecule is COC(=O)[C@@H]1c2cc3c(c(O)c2[C@@H](O)C[C@@]1(C)O)C(=O)c1c(OC)cc2c(c1C3=O)O[C@H]1O[C@]2(C)[C@H](O)[C@H](N(C)C)[C@@H]1O. The first-order valence-corrected chi connectivity index (χ1v) is 13.7. The van der Waals surface area contributed by atoms with E-state index < -0.39 is 76.6 Å². The van der Waals surface area contributed by atoms with E-state index in [1.165, 1.54) is 26.2 Å². The van der Waals surface area contributed by atoms with E-state index in [2.05, 4.69) is 0 Å². The van der Waals surface area contributed by atoms with Gasteiger partial charge in [0.2, 0.25) is 12.1 Å². The normalized spacial score (nSPS) is 34.0. The molecule has 2 aromatic rings. The van der Waals surface area contributed by atoms with Crippen molar-refractivity contribution in [3.8, 4) is 17.2 Å². The van der Waals surface area contributed by atoms with Gasteiger partial charge in [-0.15, -0.1) is 0 Å². The molecular weight excluding hydrogens is 566 g/mol. The van der Waals surface area contributed by atoms with Crippen LogP contribution in [0.4, 0.5) is 0 Å². The molecule has 0 saturated carbocycles. The van der Waals surface area contributed by atoms with Crippen LogP contribution >= 0.6 is 0 Å². The minimum Gasteiger partial charge on any atom is -0.507 e. The number of ether oxygens (including phenoxy) is 4. The van der Waals surface area contributed by atoms with E-state index in [-0.39, 0.29) is 51.3 Å². The highest BCUT2D eigenvalue weighted by molar-refractivity contribution is 6.31. The average molecular weight is 600 g/mol. The van der Waals surface area contributed by atoms with Crippen LogP contribution in [0.1, 0.15) is 80.8 Å². The molecule has 6 rings (SSSR count). The summed E-state index contributed by atoms with van der Waals surface area (Å²) in [5, 5.41) is 55.9. The Morgan fingerprint density at radius 1 is 1.05 bits per heavy atom. The van der Waals surface area contributed by atoms with Crippen LogP contribution in [0, 0.1) is 0 Å². The molecule has 0 spiro atoms. The summed E-state index contributed by atoms with van der Waals surface area (Å²) in [6.07, 6.45) is -5.79. The van der Waals surface area contributed by atoms with E-state index in [1.54, 1.807) is 25.9 Å². The standard InChI is InChI=1S/C30H33NO12/c1-29(39)9-13(32)15-10(19(29)27(38)41-6)7-11-16(22(15)34)23(35)17-14(40-5)8-12-25(18(17)21(11)33)42-28-24(36)20(31(3)4)26(37)30(12,2)43-28/h7-8,13,19-20,24,26,28,32,34,36-37,39H,9H2,1-6H3/t13-,19-,20+,24-,26+,28-,29+,30-/m0/s1. The number of fused-ring (bicyclic) bond motifs is 8. The minimum absolute atomic E-state index is 0.0580. The molecule has 0 radical (unpaired) electrons. The summed E-state index contributed by atoms with van der Waals surface area (Å²) in [5.74, 6) is -4.75. The summed E-state index contributed by atoms with van der Waals surface area (Å²) in [4.78, 5) is 43.0. The van der Waals surface area contributed by atoms with Crippen LogP contribution in [0.3, 0.4) is 0 Å². The Bertz CT molecular complexity index is 1600. The van der Waals surface area contributed by atoms with Crippen LogP contribution in [-0.2, 0) is 19.9 Å². The number of hydrogen-bond donors (Lipinski definition) is 5. The lowest BCUT2D eigenvalue weighted by Crippen LogP contribution is -2.68. The van der Waals surface area contributed by atoms with Crippen molar-refractivity contribution in [3.63, 3.8) is 0 Å². The van der Waals surface area contributed by atoms with Crippen LogP contribution in [-0.4, -0.2) is 106 Å². The van der Waals surface area contributed by atoms with Gasteiger partial charge in [-0.3, -0.25) is 14.4 Å². The number of carbonyl (C=O) groups excluding carboxylic acids is 3. The van der Waals surface area contributed by atoms with Crippen molar-refractivity contribution in [2.24, 2.45) is 0 Å². The van der Waals surface area contributed by atoms with Gasteiger partial charge in [0.25, 0.3) is 0 Å². The van der Waals surface area contributed by atoms with Crippen molar-refractivity contribution in [1.29, 1.82) is 0 Å². The number of phenols is 1. The number of aliphatic hydroxyl groups excluding tert-OH is 3. The zero-order valence-electron chi connectivity index (χ0n) is 24.4. The number of methoxy groups -OCH3 is 2. The second kappa shape index (κ2) is 9.45. The molecule has 5 N–H and O–H groups in total. The molecular formula is C30H33NO12. The highest BCUT2D eigenvalue weighted by atomic mass is 16.7. The maximum Gasteiger partial charge on any atom is 0.316 e. The van der Waals surface area contributed by atoms with Crippen LogP contribution in [0.15, 0.2) is 12.1 Å². The van der Waals surface area contributed by atoms with Crippen molar-refractivity contribution >= 4 is 17.5 Å². The van der Waals surface area contributed by atoms with Crippen LogP contribution in [0.25, 0.3) is 0 Å². The number of esters is 1. The molecule has 1 fully saturated rings. The molecule has 0 unspecified atom stereocenters. The molecule has 2 bridgehead atoms. The molecule has 13 nitrogen and oxygen atoms in total. The van der Waals surface area contributed by atoms with Gasteiger partial charge in [0.05, 0.1) is 48.7 Å². The third-order valence-electron chi connectivity index (χ3n) is 9.31. The number of carbonyl (C=O) groups is 3. The lowest BCUT2D eigenvalue weighted by Gasteiger charge is -2.54. The highest BCUT2D eigenvalue weighted by Gasteiger charge is 2.59. The van der Waals surface area contributed by atoms with E-state index in [0.29, 0.717) is 0 Å². The van der Waals surface area contributed by atoms with E-state index in [9.17, 15) is 39.9 Å². The Hall–Kier alpha value is -3.59. The average Bonchev–Trinajstić information content (AvgIpc) is 2.92. The Labute approximate surface area is 246 Å². The monoisotopic (exact) mass is 599 g/mol. The lowest BCUT2D eigenvalue weighted by molar-refractivity contribution is -0.311. The Morgan fingerprint density at radius 3 is 2.33 bits per heavy atom. The topological polar surface area (TPSA) is 193 Å². The predicted molar refractivity (Wildman–Crippen MR) is 145 cm³/mol. The summed E-state index contributed by atoms with van der Waals surface area (Å²) >= 11 is 0. The smallest absolute Gasteiger partial charge is 0.316 e. The number of phenolic OH excluding ortho intramolecular Hbond substituents is 1. The molecule has 2 aliphatic heterocycles. The van der Waals surface area contributed by atoms with Crippen molar-refractivity contribution in [1.82, 2.24) is 4.90 Å². The molecule has 4 aliphatic rings. The first-order valence-electron chi connectivity index (χ1n) is 13.7. The lowest BCUT2D eigenvalue weighted by atomic mass is 9.68. The van der Waals surface area contributed by atoms with Crippen LogP contribution in [0.2, 0.25) is 0 Å². The fourth-order valence-electron chi connectivity index (χ4n) is 7.22. The van der Waals surface area contributed by atoms with Gasteiger partial charge in [-0.2, -0.15) is 0 Å². The third kappa shape index (κ3) is 3.76. The molecule has 8 atom stereocenters. The van der Waals surface area contributed by atoms with E-state index >= 15 is 0 Å². The van der Waals surface area contributed by atoms with Gasteiger partial charge in [0.1, 0.15) is 41.0 Å². The Morgan fingerprint density at radius 2 is 1.72 bits per heavy atom. The summed E-state index contributed by atoms with van der Waals surface area (Å²) in [7, 11) is 5.76. The second-order valence-electron chi connectivity index (χ2n) is 12.1. The number of nitrogens with zero attached hydrogens (tertiary/aromatic N) is 1. The van der Waals surface area contributed by atoms with Gasteiger partial charge < -0.3 is 49.4 Å². The predicted octanol–water partition coefficient (Wildman–Crippen LogP) is 0.237. The largest absolute Gasteiger partial charge is 0.507 e. The zero-order valence-corrected chi connectivity index (χ0v) is 24.4. The van der Waals surface area contributed by atoms with Gasteiger partial charge in [0, 0.05) is 23.1 Å². The van der Waals surface area contributed by atoms with E-state index in [0.717, 1.165) is 7.11 Å². The summed E-state index contributed by atoms with van der Waals surface area (Å²) in [6.45, 7) is 2.90. The molecule has 2 aliphatic carbocycles. The zero-order chi connectivity index (χ0) is 31.5. The number of aromatic hydroxyl groups is 1. The van der Waals surface area contributed by atoms with Crippen molar-refractivity contribution in [2.75, 3.05) is 28.3 Å². The van der Waals surface area contributed by atoms with Crippen LogP contribution in [0.5, 0.6) is 17.2 Å². The van der Waals surface area contributed by atoms with E-state index in [4.69, 9.17) is 18.9 Å². The second-order valence-corrected chi connectivity index (χ2v) is 12.1. The third-order valence-corrected chi connectivity index (χ3v) is 9.31. The minimum atomic E-state index is -1.82. The molecule has 2 heterocycles. The quantitative estimate of drug-likeness (QED) is 0.257. The molecule has 2 aromatic carbocycles. The molecule has 0 aromatic heterocycles. The van der Waals surface area contributed by atoms with Gasteiger partial charge in [-0.1, -0.05) is 0 Å². The Kier molecular flexibility index (Phi) is 6.48. The molecule has 13 heteroatoms. The van der Waals surface area contributed by atoms with Gasteiger partial charge in [-0.05, 0) is 45.6 Å². The number of rotatable bonds is 3. The fraction of sp³-hybridized carbons (Fsp3) is 0.500. The van der Waals surface area contributed by atoms with Gasteiger partial charge >= 0.3 is 5.97 Å². The molecule has 230 valence electrons. The molecule has 1 saturated heterocycles. The Balaban J connectivity index is 1.62. The first kappa shape index (κ1) is 29.5. The van der Waals surface area contributed by atoms with Crippen molar-refractivity contribution < 1.29 is 58.9 Å². The first-order chi connectivity index (χ1) is 20.1. The van der Waals surface area contributed by atoms with Crippen molar-refractivity contribution in [2.45, 2.75) is 68.0 Å². The van der Waals surface area contributed by atoms with Gasteiger partial charge in [0.15, 0.2) is 5.78 Å². The number of likely N-dealkylation sites (N-methyl/N-ethyl adjacent to an activating group) is 1. The summed E-state index contributed by atoms with van der Waals surface area (Å²) in [5.41, 5.74) is -4.55. The maximum atomic E-state index is 14.4. The summed E-state index contributed by atoms with van der Waals surface area (Å²) in [6, 6.07) is 1.81.